The van der Waals surface area contributed by atoms with Crippen molar-refractivity contribution in [2.24, 2.45) is 0 Å². The van der Waals surface area contributed by atoms with E-state index < -0.39 is 45.2 Å². The van der Waals surface area contributed by atoms with Gasteiger partial charge in [0.2, 0.25) is 0 Å². The summed E-state index contributed by atoms with van der Waals surface area (Å²) in [5.41, 5.74) is 12.5. The summed E-state index contributed by atoms with van der Waals surface area (Å²) >= 11 is -3.52. The van der Waals surface area contributed by atoms with Crippen molar-refractivity contribution in [2.45, 2.75) is 34.9 Å². The molecule has 0 N–H and O–H groups in total. The van der Waals surface area contributed by atoms with Crippen molar-refractivity contribution in [2.75, 3.05) is 6.61 Å². The Morgan fingerprint density at radius 3 is 1.07 bits per heavy atom. The van der Waals surface area contributed by atoms with Crippen LogP contribution in [0, 0.1) is 0 Å². The quantitative estimate of drug-likeness (QED) is 0.0668. The molecule has 0 heterocycles. The van der Waals surface area contributed by atoms with Crippen molar-refractivity contribution in [1.29, 1.82) is 0 Å². The summed E-state index contributed by atoms with van der Waals surface area (Å²) in [6, 6.07) is 97.5. The van der Waals surface area contributed by atoms with E-state index in [0.717, 1.165) is 28.4 Å². The summed E-state index contributed by atoms with van der Waals surface area (Å²) in [4.78, 5) is 0. The average Bonchev–Trinajstić information content (AvgIpc) is 4.06. The summed E-state index contributed by atoms with van der Waals surface area (Å²) in [5, 5.41) is 7.09. The van der Waals surface area contributed by atoms with Crippen molar-refractivity contribution >= 4 is 64.8 Å². The maximum absolute atomic E-state index is 8.30. The number of halogens is 2. The van der Waals surface area contributed by atoms with Gasteiger partial charge < -0.3 is 0 Å². The molecule has 1 atom stereocenters. The van der Waals surface area contributed by atoms with Crippen LogP contribution in [0.4, 0.5) is 0 Å². The Hall–Kier alpha value is -5.98. The third-order valence-corrected chi connectivity index (χ3v) is 29.4. The van der Waals surface area contributed by atoms with Crippen molar-refractivity contribution < 1.29 is 28.2 Å². The predicted octanol–water partition coefficient (Wildman–Crippen LogP) is 12.5. The molecule has 0 saturated carbocycles. The SMILES string of the molecule is [Cl][Zr]([Cl])[CH](CC(CCO[Si](c1ccccc1)(c1ccccc1)c1ccccc1)(c1cccc2c1Cc1ccccc1-2)c1cccc2c1Cc1ccccc1-2)O[Si](c1ccccc1)(c1ccccc1)c1ccccc1. The third-order valence-electron chi connectivity index (χ3n) is 15.8. The monoisotopic (exact) mass is 1110 g/mol. The van der Waals surface area contributed by atoms with Crippen LogP contribution in [0.2, 0.25) is 0 Å². The minimum atomic E-state index is -3.52. The number of benzene rings is 10. The molecule has 2 aliphatic carbocycles. The first kappa shape index (κ1) is 48.9. The molecule has 12 rings (SSSR count). The van der Waals surface area contributed by atoms with E-state index in [1.165, 1.54) is 71.2 Å². The van der Waals surface area contributed by atoms with Gasteiger partial charge in [0.25, 0.3) is 0 Å². The molecule has 0 aromatic heterocycles. The van der Waals surface area contributed by atoms with E-state index in [4.69, 9.17) is 25.9 Å². The zero-order valence-corrected chi connectivity index (χ0v) is 47.1. The van der Waals surface area contributed by atoms with Crippen LogP contribution in [0.3, 0.4) is 0 Å². The van der Waals surface area contributed by atoms with Crippen molar-refractivity contribution in [3.05, 3.63) is 300 Å². The standard InChI is InChI=1S/C67H55O2Si2.2ClH.Zr/c1-7-27-53(28-8-1)70(54-29-9-2-10-30-54,55-31-11-3-12-32-55)68-47-45-67(65-43-23-41-61-59-39-21-19-25-51(59)49-63(61)65,66-44-24-42-62-60-40-22-20-26-52(60)50-64(62)66)46-48-69-71(56-33-13-4-14-34-56,57-35-15-5-16-36-57)58-37-17-6-18-38-58;;;/h1-44,47H,45-46,48-50H2;2*1H;/q;;;+2/p-2. The van der Waals surface area contributed by atoms with E-state index >= 15 is 0 Å². The molecule has 0 radical (unpaired) electrons. The Labute approximate surface area is 453 Å². The Bertz CT molecular complexity index is 3240. The van der Waals surface area contributed by atoms with Crippen LogP contribution in [0.5, 0.6) is 0 Å². The van der Waals surface area contributed by atoms with Crippen LogP contribution >= 0.6 is 17.0 Å². The number of hydrogen-bond acceptors (Lipinski definition) is 2. The zero-order valence-electron chi connectivity index (χ0n) is 41.1. The van der Waals surface area contributed by atoms with Gasteiger partial charge in [0.15, 0.2) is 0 Å². The molecule has 74 heavy (non-hydrogen) atoms. The van der Waals surface area contributed by atoms with Crippen molar-refractivity contribution in [1.82, 2.24) is 0 Å². The molecule has 0 aliphatic heterocycles. The summed E-state index contributed by atoms with van der Waals surface area (Å²) in [6.45, 7) is 0.451. The van der Waals surface area contributed by atoms with Crippen LogP contribution in [0.25, 0.3) is 22.3 Å². The van der Waals surface area contributed by atoms with Crippen LogP contribution in [-0.4, -0.2) is 27.1 Å². The molecular weight excluding hydrogens is 1060 g/mol. The van der Waals surface area contributed by atoms with Gasteiger partial charge in [-0.15, -0.1) is 0 Å². The molecule has 361 valence electrons. The van der Waals surface area contributed by atoms with Gasteiger partial charge in [-0.3, -0.25) is 0 Å². The van der Waals surface area contributed by atoms with Gasteiger partial charge in [0.1, 0.15) is 0 Å². The molecule has 1 unspecified atom stereocenters. The Morgan fingerprint density at radius 2 is 0.703 bits per heavy atom. The third kappa shape index (κ3) is 8.81. The molecule has 10 aromatic rings. The predicted molar refractivity (Wildman–Crippen MR) is 310 cm³/mol. The molecule has 0 fully saturated rings. The molecule has 0 saturated heterocycles. The van der Waals surface area contributed by atoms with Crippen LogP contribution < -0.4 is 31.1 Å². The number of rotatable bonds is 17. The fourth-order valence-corrected chi connectivity index (χ4v) is 26.1. The topological polar surface area (TPSA) is 18.5 Å². The van der Waals surface area contributed by atoms with Gasteiger partial charge in [-0.2, -0.15) is 0 Å². The van der Waals surface area contributed by atoms with E-state index in [9.17, 15) is 0 Å². The summed E-state index contributed by atoms with van der Waals surface area (Å²) < 4.78 is 15.9. The van der Waals surface area contributed by atoms with Crippen molar-refractivity contribution in [3.8, 4) is 22.3 Å². The van der Waals surface area contributed by atoms with E-state index in [1.54, 1.807) is 0 Å². The van der Waals surface area contributed by atoms with Crippen LogP contribution in [-0.2, 0) is 46.5 Å². The number of fused-ring (bicyclic) bond motifs is 6. The Kier molecular flexibility index (Phi) is 14.1. The Balaban J connectivity index is 1.11. The fraction of sp³-hybridized carbons (Fsp3) is 0.104. The summed E-state index contributed by atoms with van der Waals surface area (Å²) in [7, 11) is 9.21. The first-order valence-electron chi connectivity index (χ1n) is 25.7. The normalized spacial score (nSPS) is 13.1. The molecule has 0 bridgehead atoms. The zero-order chi connectivity index (χ0) is 50.0. The molecule has 10 aromatic carbocycles. The van der Waals surface area contributed by atoms with Gasteiger partial charge in [-0.05, 0) is 0 Å². The van der Waals surface area contributed by atoms with E-state index in [2.05, 4.69) is 267 Å². The molecule has 7 heteroatoms. The fourth-order valence-electron chi connectivity index (χ4n) is 12.5. The van der Waals surface area contributed by atoms with Crippen LogP contribution in [0.15, 0.2) is 267 Å². The molecule has 2 aliphatic rings. The first-order chi connectivity index (χ1) is 36.5. The second-order valence-electron chi connectivity index (χ2n) is 19.7. The number of hydrogen-bond donors (Lipinski definition) is 0. The second-order valence-corrected chi connectivity index (χ2v) is 35.4. The van der Waals surface area contributed by atoms with E-state index in [-0.39, 0.29) is 0 Å². The average molecular weight is 1110 g/mol. The maximum atomic E-state index is 8.30. The van der Waals surface area contributed by atoms with Gasteiger partial charge in [-0.1, -0.05) is 0 Å². The second kappa shape index (κ2) is 21.3. The minimum absolute atomic E-state index is 0.451. The molecule has 0 amide bonds. The Morgan fingerprint density at radius 1 is 0.378 bits per heavy atom. The summed E-state index contributed by atoms with van der Waals surface area (Å²) in [5.74, 6) is 0. The molecular formula is C67H55Cl2O2Si2Zr. The van der Waals surface area contributed by atoms with Gasteiger partial charge in [0.05, 0.1) is 0 Å². The molecule has 0 spiro atoms. The first-order valence-corrected chi connectivity index (χ1v) is 37.3. The summed E-state index contributed by atoms with van der Waals surface area (Å²) in [6.07, 6.45) is 2.86. The van der Waals surface area contributed by atoms with E-state index in [1.807, 2.05) is 0 Å². The van der Waals surface area contributed by atoms with Crippen molar-refractivity contribution in [3.63, 3.8) is 0 Å². The van der Waals surface area contributed by atoms with E-state index in [0.29, 0.717) is 19.4 Å². The van der Waals surface area contributed by atoms with Crippen LogP contribution in [0.1, 0.15) is 46.2 Å². The van der Waals surface area contributed by atoms with Gasteiger partial charge in [-0.25, -0.2) is 0 Å². The van der Waals surface area contributed by atoms with Gasteiger partial charge in [0, 0.05) is 0 Å². The van der Waals surface area contributed by atoms with Gasteiger partial charge >= 0.3 is 457 Å². The molecule has 2 nitrogen and oxygen atoms in total.